The zero-order valence-electron chi connectivity index (χ0n) is 46.8. The average molecular weight is 1010 g/mol. The van der Waals surface area contributed by atoms with Crippen LogP contribution in [0.1, 0.15) is 127 Å². The first kappa shape index (κ1) is 51.0. The topological polar surface area (TPSA) is 33.5 Å². The van der Waals surface area contributed by atoms with Gasteiger partial charge >= 0.3 is 0 Å². The van der Waals surface area contributed by atoms with Gasteiger partial charge in [0.2, 0.25) is 0 Å². The molecule has 3 heterocycles. The lowest BCUT2D eigenvalue weighted by molar-refractivity contribution is 0.481. The summed E-state index contributed by atoms with van der Waals surface area (Å²) < 4.78 is 9.80. The Morgan fingerprint density at radius 2 is 1.03 bits per heavy atom. The zero-order valence-corrected chi connectivity index (χ0v) is 46.8. The van der Waals surface area contributed by atoms with Crippen LogP contribution in [0.4, 0.5) is 11.4 Å². The molecule has 2 aromatic heterocycles. The highest BCUT2D eigenvalue weighted by Crippen LogP contribution is 2.47. The molecule has 11 rings (SSSR count). The monoisotopic (exact) mass is 1010 g/mol. The van der Waals surface area contributed by atoms with E-state index < -0.39 is 5.41 Å². The number of rotatable bonds is 13. The number of ether oxygens (including phenoxy) is 1. The van der Waals surface area contributed by atoms with E-state index in [1.54, 1.807) is 0 Å². The minimum Gasteiger partial charge on any atom is -0.457 e. The summed E-state index contributed by atoms with van der Waals surface area (Å²) in [6.07, 6.45) is 6.41. The first-order chi connectivity index (χ1) is 36.9. The molecular weight excluding hydrogens is 937 g/mol. The van der Waals surface area contributed by atoms with Crippen LogP contribution in [0.2, 0.25) is 0 Å². The van der Waals surface area contributed by atoms with Gasteiger partial charge in [-0.15, -0.1) is 0 Å². The normalized spacial score (nSPS) is 13.2. The van der Waals surface area contributed by atoms with E-state index in [1.807, 2.05) is 6.20 Å². The fourth-order valence-electron chi connectivity index (χ4n) is 11.6. The lowest BCUT2D eigenvalue weighted by atomic mass is 9.76. The van der Waals surface area contributed by atoms with Crippen LogP contribution in [0.5, 0.6) is 11.5 Å². The molecule has 8 aromatic carbocycles. The van der Waals surface area contributed by atoms with Crippen LogP contribution in [0.3, 0.4) is 0 Å². The first-order valence-corrected chi connectivity index (χ1v) is 27.5. The summed E-state index contributed by atoms with van der Waals surface area (Å²) in [5.74, 6) is 3.04. The molecule has 0 amide bonds. The molecule has 0 atom stereocenters. The van der Waals surface area contributed by atoms with Gasteiger partial charge in [-0.25, -0.2) is 4.98 Å². The van der Waals surface area contributed by atoms with Crippen LogP contribution in [0, 0.1) is 0 Å². The van der Waals surface area contributed by atoms with Gasteiger partial charge in [-0.2, -0.15) is 0 Å². The van der Waals surface area contributed by atoms with E-state index in [2.05, 4.69) is 297 Å². The minimum absolute atomic E-state index is 0.0620. The van der Waals surface area contributed by atoms with Gasteiger partial charge in [0.1, 0.15) is 17.3 Å². The van der Waals surface area contributed by atoms with Crippen molar-refractivity contribution >= 4 is 33.2 Å². The standard InChI is InChI=1S/C72H72N4O/c1-48(2)61-31-23-32-62(49(3)4)68(61)52-40-58(75-37-36-74(47-75)57-39-51(50-24-15-12-16-25-50)38-56(42-57)71(8,9)53-26-17-13-18-27-53)44-59(41-52)77-60-45-64(72(10,11)54-28-19-14-20-29-54)69-63-30-21-22-33-65(63)76(66(69)46-60)67-43-55(34-35-73-67)70(5,6)7/h12-46,48-49H,47H2,1-11H3. The van der Waals surface area contributed by atoms with E-state index in [0.717, 1.165) is 45.3 Å². The van der Waals surface area contributed by atoms with Gasteiger partial charge < -0.3 is 14.5 Å². The van der Waals surface area contributed by atoms with Crippen molar-refractivity contribution in [2.75, 3.05) is 16.5 Å². The molecular formula is C72H72N4O. The number of nitrogens with zero attached hydrogens (tertiary/aromatic N) is 4. The second-order valence-corrected chi connectivity index (χ2v) is 23.8. The predicted octanol–water partition coefficient (Wildman–Crippen LogP) is 19.3. The van der Waals surface area contributed by atoms with Crippen molar-refractivity contribution in [2.24, 2.45) is 0 Å². The molecule has 0 aliphatic carbocycles. The van der Waals surface area contributed by atoms with Crippen molar-refractivity contribution in [2.45, 2.75) is 104 Å². The van der Waals surface area contributed by atoms with Gasteiger partial charge in [-0.3, -0.25) is 4.57 Å². The number of benzene rings is 8. The van der Waals surface area contributed by atoms with Crippen LogP contribution in [-0.2, 0) is 16.2 Å². The van der Waals surface area contributed by atoms with E-state index in [0.29, 0.717) is 18.5 Å². The van der Waals surface area contributed by atoms with E-state index in [9.17, 15) is 0 Å². The number of fused-ring (bicyclic) bond motifs is 3. The van der Waals surface area contributed by atoms with E-state index in [-0.39, 0.29) is 10.8 Å². The third-order valence-electron chi connectivity index (χ3n) is 16.2. The summed E-state index contributed by atoms with van der Waals surface area (Å²) in [5, 5.41) is 2.38. The molecule has 0 N–H and O–H groups in total. The van der Waals surface area contributed by atoms with E-state index in [1.165, 1.54) is 66.4 Å². The molecule has 1 aliphatic heterocycles. The summed E-state index contributed by atoms with van der Waals surface area (Å²) in [7, 11) is 0. The van der Waals surface area contributed by atoms with Gasteiger partial charge in [0, 0.05) is 63.7 Å². The second-order valence-electron chi connectivity index (χ2n) is 23.8. The first-order valence-electron chi connectivity index (χ1n) is 27.5. The van der Waals surface area contributed by atoms with Crippen molar-refractivity contribution in [3.63, 3.8) is 0 Å². The van der Waals surface area contributed by atoms with Crippen LogP contribution >= 0.6 is 0 Å². The highest BCUT2D eigenvalue weighted by Gasteiger charge is 2.31. The van der Waals surface area contributed by atoms with Gasteiger partial charge in [0.25, 0.3) is 0 Å². The Hall–Kier alpha value is -8.15. The van der Waals surface area contributed by atoms with Crippen LogP contribution in [0.25, 0.3) is 49.9 Å². The number of pyridine rings is 1. The fraction of sp³-hybridized carbons (Fsp3) is 0.236. The maximum absolute atomic E-state index is 7.46. The summed E-state index contributed by atoms with van der Waals surface area (Å²) in [5.41, 5.74) is 17.3. The third-order valence-corrected chi connectivity index (χ3v) is 16.2. The molecule has 0 saturated carbocycles. The van der Waals surface area contributed by atoms with Gasteiger partial charge in [0.15, 0.2) is 0 Å². The Balaban J connectivity index is 1.08. The Morgan fingerprint density at radius 3 is 1.66 bits per heavy atom. The largest absolute Gasteiger partial charge is 0.457 e. The van der Waals surface area contributed by atoms with Crippen molar-refractivity contribution in [3.8, 4) is 39.6 Å². The van der Waals surface area contributed by atoms with Crippen molar-refractivity contribution in [1.82, 2.24) is 9.55 Å². The lowest BCUT2D eigenvalue weighted by Crippen LogP contribution is -2.25. The Labute approximate surface area is 457 Å². The van der Waals surface area contributed by atoms with Gasteiger partial charge in [-0.05, 0) is 127 Å². The molecule has 0 fully saturated rings. The zero-order chi connectivity index (χ0) is 53.8. The van der Waals surface area contributed by atoms with Crippen molar-refractivity contribution < 1.29 is 4.74 Å². The molecule has 386 valence electrons. The SMILES string of the molecule is CC(C)c1cccc(C(C)C)c1-c1cc(Oc2cc(C(C)(C)c3ccccc3)c3c4ccccc4n(-c4cc(C(C)(C)C)ccn4)c3c2)cc(N2C=CN(c3cc(-c4ccccc4)cc(C(C)(C)c4ccccc4)c3)C2)c1. The lowest BCUT2D eigenvalue weighted by Gasteiger charge is -2.29. The molecule has 10 aromatic rings. The van der Waals surface area contributed by atoms with Crippen LogP contribution < -0.4 is 14.5 Å². The number of aromatic nitrogens is 2. The highest BCUT2D eigenvalue weighted by atomic mass is 16.5. The summed E-state index contributed by atoms with van der Waals surface area (Å²) in [6, 6.07) is 71.0. The number of anilines is 2. The maximum Gasteiger partial charge on any atom is 0.137 e. The van der Waals surface area contributed by atoms with Gasteiger partial charge in [0.05, 0.1) is 17.7 Å². The predicted molar refractivity (Wildman–Crippen MR) is 325 cm³/mol. The van der Waals surface area contributed by atoms with E-state index >= 15 is 0 Å². The molecule has 1 aliphatic rings. The summed E-state index contributed by atoms with van der Waals surface area (Å²) in [6.45, 7) is 26.0. The molecule has 5 nitrogen and oxygen atoms in total. The Kier molecular flexibility index (Phi) is 13.3. The molecule has 0 saturated heterocycles. The van der Waals surface area contributed by atoms with Crippen molar-refractivity contribution in [1.29, 1.82) is 0 Å². The summed E-state index contributed by atoms with van der Waals surface area (Å²) >= 11 is 0. The van der Waals surface area contributed by atoms with Crippen LogP contribution in [-0.4, -0.2) is 16.2 Å². The van der Waals surface area contributed by atoms with Crippen LogP contribution in [0.15, 0.2) is 213 Å². The number of para-hydroxylation sites is 1. The molecule has 0 spiro atoms. The molecule has 0 radical (unpaired) electrons. The number of hydrogen-bond donors (Lipinski definition) is 0. The maximum atomic E-state index is 7.46. The molecule has 0 bridgehead atoms. The quantitative estimate of drug-likeness (QED) is 0.115. The average Bonchev–Trinajstić information content (AvgIpc) is 4.07. The fourth-order valence-corrected chi connectivity index (χ4v) is 11.6. The highest BCUT2D eigenvalue weighted by molar-refractivity contribution is 6.12. The van der Waals surface area contributed by atoms with Gasteiger partial charge in [-0.1, -0.05) is 210 Å². The van der Waals surface area contributed by atoms with E-state index in [4.69, 9.17) is 9.72 Å². The Bertz CT molecular complexity index is 3770. The molecule has 0 unspecified atom stereocenters. The smallest absolute Gasteiger partial charge is 0.137 e. The summed E-state index contributed by atoms with van der Waals surface area (Å²) in [4.78, 5) is 9.82. The second kappa shape index (κ2) is 20.1. The van der Waals surface area contributed by atoms with Crippen molar-refractivity contribution in [3.05, 3.63) is 252 Å². The number of hydrogen-bond acceptors (Lipinski definition) is 4. The Morgan fingerprint density at radius 1 is 0.455 bits per heavy atom. The minimum atomic E-state index is -0.401. The molecule has 77 heavy (non-hydrogen) atoms. The molecule has 5 heteroatoms. The third kappa shape index (κ3) is 9.73.